The number of carbonyl (C=O) groups excluding carboxylic acids is 2. The second-order valence-electron chi connectivity index (χ2n) is 6.98. The fourth-order valence-corrected chi connectivity index (χ4v) is 4.33. The zero-order chi connectivity index (χ0) is 18.3. The number of guanidine groups is 1. The number of fused-ring (bicyclic) bond motifs is 5. The standard InChI is InChI=1S/C17H23N7O2/c1-18-17(20-8-12-21-9-22-23(12)2)19-5-6-24-15(25)13-10-3-4-11(7-10)14(13)16(24)26/h3-4,9-11,13-14H,5-8H2,1-2H3,(H2,18,19,20). The molecule has 1 aliphatic heterocycles. The Morgan fingerprint density at radius 1 is 1.23 bits per heavy atom. The van der Waals surface area contributed by atoms with Crippen LogP contribution in [-0.2, 0) is 23.2 Å². The Bertz CT molecular complexity index is 754. The Morgan fingerprint density at radius 2 is 1.92 bits per heavy atom. The van der Waals surface area contributed by atoms with E-state index >= 15 is 0 Å². The van der Waals surface area contributed by atoms with Crippen LogP contribution in [0.15, 0.2) is 23.5 Å². The number of rotatable bonds is 5. The first-order valence-corrected chi connectivity index (χ1v) is 8.91. The zero-order valence-corrected chi connectivity index (χ0v) is 14.9. The van der Waals surface area contributed by atoms with Gasteiger partial charge in [-0.15, -0.1) is 0 Å². The highest BCUT2D eigenvalue weighted by atomic mass is 16.2. The van der Waals surface area contributed by atoms with Crippen LogP contribution < -0.4 is 10.6 Å². The average Bonchev–Trinajstić information content (AvgIpc) is 3.39. The molecule has 1 saturated carbocycles. The van der Waals surface area contributed by atoms with E-state index in [2.05, 4.69) is 37.9 Å². The van der Waals surface area contributed by atoms with Crippen LogP contribution in [0.5, 0.6) is 0 Å². The fraction of sp³-hybridized carbons (Fsp3) is 0.588. The van der Waals surface area contributed by atoms with Crippen LogP contribution in [0, 0.1) is 23.7 Å². The third-order valence-corrected chi connectivity index (χ3v) is 5.63. The molecule has 138 valence electrons. The van der Waals surface area contributed by atoms with Crippen molar-refractivity contribution in [2.24, 2.45) is 35.7 Å². The van der Waals surface area contributed by atoms with E-state index in [1.54, 1.807) is 11.7 Å². The summed E-state index contributed by atoms with van der Waals surface area (Å²) in [6.45, 7) is 1.30. The summed E-state index contributed by atoms with van der Waals surface area (Å²) >= 11 is 0. The highest BCUT2D eigenvalue weighted by Crippen LogP contribution is 2.52. The predicted molar refractivity (Wildman–Crippen MR) is 93.6 cm³/mol. The molecule has 0 radical (unpaired) electrons. The minimum absolute atomic E-state index is 0.0133. The van der Waals surface area contributed by atoms with E-state index in [1.807, 2.05) is 7.05 Å². The van der Waals surface area contributed by atoms with Crippen LogP contribution in [0.25, 0.3) is 0 Å². The Morgan fingerprint density at radius 3 is 2.50 bits per heavy atom. The molecule has 1 saturated heterocycles. The molecule has 1 aromatic heterocycles. The first kappa shape index (κ1) is 16.7. The minimum Gasteiger partial charge on any atom is -0.355 e. The van der Waals surface area contributed by atoms with Crippen molar-refractivity contribution in [2.45, 2.75) is 13.0 Å². The maximum absolute atomic E-state index is 12.6. The Hall–Kier alpha value is -2.71. The van der Waals surface area contributed by atoms with Gasteiger partial charge in [0.2, 0.25) is 11.8 Å². The van der Waals surface area contributed by atoms with Gasteiger partial charge in [-0.1, -0.05) is 12.2 Å². The Kier molecular flexibility index (Phi) is 4.21. The number of aryl methyl sites for hydroxylation is 1. The number of amides is 2. The number of likely N-dealkylation sites (tertiary alicyclic amines) is 1. The lowest BCUT2D eigenvalue weighted by molar-refractivity contribution is -0.140. The van der Waals surface area contributed by atoms with Gasteiger partial charge in [-0.05, 0) is 18.3 Å². The van der Waals surface area contributed by atoms with Gasteiger partial charge in [-0.3, -0.25) is 24.2 Å². The molecule has 26 heavy (non-hydrogen) atoms. The van der Waals surface area contributed by atoms with E-state index in [4.69, 9.17) is 0 Å². The number of aliphatic imine (C=N–C) groups is 1. The molecular formula is C17H23N7O2. The smallest absolute Gasteiger partial charge is 0.233 e. The van der Waals surface area contributed by atoms with Gasteiger partial charge >= 0.3 is 0 Å². The minimum atomic E-state index is -0.133. The number of nitrogens with one attached hydrogen (secondary N) is 2. The third kappa shape index (κ3) is 2.67. The van der Waals surface area contributed by atoms with Gasteiger partial charge in [0, 0.05) is 27.2 Å². The molecule has 0 spiro atoms. The second-order valence-corrected chi connectivity index (χ2v) is 6.98. The second kappa shape index (κ2) is 6.54. The van der Waals surface area contributed by atoms with Crippen LogP contribution in [0.1, 0.15) is 12.2 Å². The zero-order valence-electron chi connectivity index (χ0n) is 14.9. The molecule has 1 aromatic rings. The first-order valence-electron chi connectivity index (χ1n) is 8.91. The van der Waals surface area contributed by atoms with Crippen molar-refractivity contribution in [2.75, 3.05) is 20.1 Å². The summed E-state index contributed by atoms with van der Waals surface area (Å²) in [5.74, 6) is 1.58. The maximum Gasteiger partial charge on any atom is 0.233 e. The van der Waals surface area contributed by atoms with Gasteiger partial charge in [0.15, 0.2) is 5.96 Å². The molecule has 2 N–H and O–H groups in total. The van der Waals surface area contributed by atoms with Crippen molar-refractivity contribution in [3.8, 4) is 0 Å². The first-order chi connectivity index (χ1) is 12.6. The molecule has 4 atom stereocenters. The third-order valence-electron chi connectivity index (χ3n) is 5.63. The molecule has 2 amide bonds. The van der Waals surface area contributed by atoms with E-state index in [-0.39, 0.29) is 35.5 Å². The number of hydrogen-bond acceptors (Lipinski definition) is 5. The van der Waals surface area contributed by atoms with Gasteiger partial charge < -0.3 is 10.6 Å². The van der Waals surface area contributed by atoms with E-state index in [0.717, 1.165) is 12.2 Å². The van der Waals surface area contributed by atoms with Crippen molar-refractivity contribution in [3.05, 3.63) is 24.3 Å². The SMILES string of the molecule is CN=C(NCCN1C(=O)C2C3C=CC(C3)C2C1=O)NCc1ncnn1C. The summed E-state index contributed by atoms with van der Waals surface area (Å²) in [7, 11) is 3.50. The van der Waals surface area contributed by atoms with Crippen molar-refractivity contribution in [1.82, 2.24) is 30.3 Å². The molecule has 0 aromatic carbocycles. The molecule has 9 nitrogen and oxygen atoms in total. The largest absolute Gasteiger partial charge is 0.355 e. The summed E-state index contributed by atoms with van der Waals surface area (Å²) < 4.78 is 1.68. The molecule has 9 heteroatoms. The maximum atomic E-state index is 12.6. The summed E-state index contributed by atoms with van der Waals surface area (Å²) in [5.41, 5.74) is 0. The van der Waals surface area contributed by atoms with Crippen LogP contribution in [0.2, 0.25) is 0 Å². The monoisotopic (exact) mass is 357 g/mol. The van der Waals surface area contributed by atoms with Crippen molar-refractivity contribution in [3.63, 3.8) is 0 Å². The van der Waals surface area contributed by atoms with Crippen molar-refractivity contribution in [1.29, 1.82) is 0 Å². The molecule has 3 aliphatic rings. The topological polar surface area (TPSA) is 105 Å². The van der Waals surface area contributed by atoms with Gasteiger partial charge in [0.1, 0.15) is 12.2 Å². The molecule has 2 heterocycles. The number of aromatic nitrogens is 3. The molecule has 4 unspecified atom stereocenters. The lowest BCUT2D eigenvalue weighted by Crippen LogP contribution is -2.43. The highest BCUT2D eigenvalue weighted by molar-refractivity contribution is 6.06. The Balaban J connectivity index is 1.28. The van der Waals surface area contributed by atoms with E-state index in [9.17, 15) is 9.59 Å². The molecule has 2 fully saturated rings. The molecular weight excluding hydrogens is 334 g/mol. The van der Waals surface area contributed by atoms with Gasteiger partial charge in [0.25, 0.3) is 0 Å². The van der Waals surface area contributed by atoms with Crippen molar-refractivity contribution >= 4 is 17.8 Å². The van der Waals surface area contributed by atoms with E-state index in [0.29, 0.717) is 25.6 Å². The number of allylic oxidation sites excluding steroid dienone is 2. The number of hydrogen-bond donors (Lipinski definition) is 2. The lowest BCUT2D eigenvalue weighted by atomic mass is 9.85. The summed E-state index contributed by atoms with van der Waals surface area (Å²) in [5, 5.41) is 10.3. The predicted octanol–water partition coefficient (Wildman–Crippen LogP) is -0.713. The Labute approximate surface area is 151 Å². The number of nitrogens with zero attached hydrogens (tertiary/aromatic N) is 5. The van der Waals surface area contributed by atoms with Crippen LogP contribution in [0.4, 0.5) is 0 Å². The van der Waals surface area contributed by atoms with Crippen LogP contribution in [-0.4, -0.2) is 57.6 Å². The van der Waals surface area contributed by atoms with Gasteiger partial charge in [-0.2, -0.15) is 5.10 Å². The summed E-state index contributed by atoms with van der Waals surface area (Å²) in [6, 6.07) is 0. The van der Waals surface area contributed by atoms with E-state index < -0.39 is 0 Å². The normalized spacial score (nSPS) is 29.6. The molecule has 4 rings (SSSR count). The quantitative estimate of drug-likeness (QED) is 0.312. The highest BCUT2D eigenvalue weighted by Gasteiger charge is 2.58. The van der Waals surface area contributed by atoms with Crippen LogP contribution in [0.3, 0.4) is 0 Å². The van der Waals surface area contributed by atoms with Crippen LogP contribution >= 0.6 is 0 Å². The number of imide groups is 1. The van der Waals surface area contributed by atoms with Gasteiger partial charge in [-0.25, -0.2) is 4.98 Å². The molecule has 2 aliphatic carbocycles. The van der Waals surface area contributed by atoms with Crippen molar-refractivity contribution < 1.29 is 9.59 Å². The van der Waals surface area contributed by atoms with Gasteiger partial charge in [0.05, 0.1) is 18.4 Å². The summed E-state index contributed by atoms with van der Waals surface area (Å²) in [4.78, 5) is 35.0. The lowest BCUT2D eigenvalue weighted by Gasteiger charge is -2.18. The molecule has 2 bridgehead atoms. The number of carbonyl (C=O) groups is 2. The average molecular weight is 357 g/mol. The fourth-order valence-electron chi connectivity index (χ4n) is 4.33. The van der Waals surface area contributed by atoms with E-state index in [1.165, 1.54) is 11.2 Å². The summed E-state index contributed by atoms with van der Waals surface area (Å²) in [6.07, 6.45) is 6.67.